The van der Waals surface area contributed by atoms with Gasteiger partial charge in [-0.3, -0.25) is 0 Å². The molecule has 0 spiro atoms. The van der Waals surface area contributed by atoms with Gasteiger partial charge in [-0.05, 0) is 0 Å². The van der Waals surface area contributed by atoms with Crippen LogP contribution >= 0.6 is 0 Å². The maximum atomic E-state index is 8.87. The highest BCUT2D eigenvalue weighted by Crippen LogP contribution is 2.01. The van der Waals surface area contributed by atoms with Crippen LogP contribution in [0.15, 0.2) is 0 Å². The summed E-state index contributed by atoms with van der Waals surface area (Å²) < 4.78 is 8.89. The molecule has 0 saturated carbocycles. The fourth-order valence-corrected chi connectivity index (χ4v) is 0.250. The number of ether oxygens (including phenoxy) is 2. The van der Waals surface area contributed by atoms with Crippen LogP contribution in [0.5, 0.6) is 0 Å². The number of aliphatic hydroxyl groups is 1. The first-order chi connectivity index (χ1) is 3.68. The first-order valence-corrected chi connectivity index (χ1v) is 2.21. The van der Waals surface area contributed by atoms with Crippen LogP contribution in [-0.4, -0.2) is 31.8 Å². The zero-order valence-electron chi connectivity index (χ0n) is 5.05. The summed E-state index contributed by atoms with van der Waals surface area (Å²) in [6.07, 6.45) is 0. The minimum atomic E-state index is -1.60. The minimum Gasteiger partial charge on any atom is -0.342 e. The van der Waals surface area contributed by atoms with Gasteiger partial charge in [0.05, 0.1) is 6.54 Å². The number of methoxy groups -OCH3 is 2. The van der Waals surface area contributed by atoms with Crippen LogP contribution in [0, 0.1) is 0 Å². The maximum Gasteiger partial charge on any atom is 0.292 e. The molecule has 0 radical (unpaired) electrons. The molecule has 0 aromatic heterocycles. The van der Waals surface area contributed by atoms with Gasteiger partial charge in [0.15, 0.2) is 0 Å². The van der Waals surface area contributed by atoms with Crippen molar-refractivity contribution in [3.8, 4) is 0 Å². The fourth-order valence-electron chi connectivity index (χ4n) is 0.250. The molecule has 0 bridgehead atoms. The number of hydrogen-bond donors (Lipinski definition) is 2. The highest BCUT2D eigenvalue weighted by molar-refractivity contribution is 4.49. The van der Waals surface area contributed by atoms with Crippen molar-refractivity contribution >= 4 is 0 Å². The topological polar surface area (TPSA) is 64.7 Å². The van der Waals surface area contributed by atoms with E-state index in [2.05, 4.69) is 9.47 Å². The molecule has 0 aliphatic rings. The lowest BCUT2D eigenvalue weighted by Crippen LogP contribution is -2.41. The Morgan fingerprint density at radius 3 is 1.88 bits per heavy atom. The van der Waals surface area contributed by atoms with E-state index >= 15 is 0 Å². The van der Waals surface area contributed by atoms with E-state index in [9.17, 15) is 0 Å². The summed E-state index contributed by atoms with van der Waals surface area (Å²) in [7, 11) is 2.63. The highest BCUT2D eigenvalue weighted by atomic mass is 16.8. The van der Waals surface area contributed by atoms with Gasteiger partial charge in [-0.15, -0.1) is 0 Å². The van der Waals surface area contributed by atoms with Crippen molar-refractivity contribution in [2.45, 2.75) is 5.97 Å². The van der Waals surface area contributed by atoms with Gasteiger partial charge in [-0.25, -0.2) is 0 Å². The molecule has 0 aliphatic heterocycles. The van der Waals surface area contributed by atoms with Crippen LogP contribution in [0.4, 0.5) is 0 Å². The van der Waals surface area contributed by atoms with Crippen LogP contribution in [0.2, 0.25) is 0 Å². The van der Waals surface area contributed by atoms with Crippen molar-refractivity contribution in [3.63, 3.8) is 0 Å². The van der Waals surface area contributed by atoms with E-state index in [1.807, 2.05) is 0 Å². The van der Waals surface area contributed by atoms with Crippen LogP contribution < -0.4 is 5.73 Å². The Morgan fingerprint density at radius 1 is 1.50 bits per heavy atom. The summed E-state index contributed by atoms with van der Waals surface area (Å²) in [5, 5.41) is 8.87. The molecular weight excluding hydrogens is 110 g/mol. The molecule has 0 rings (SSSR count). The van der Waals surface area contributed by atoms with Gasteiger partial charge in [0, 0.05) is 14.2 Å². The lowest BCUT2D eigenvalue weighted by atomic mass is 10.6. The lowest BCUT2D eigenvalue weighted by molar-refractivity contribution is -0.331. The minimum absolute atomic E-state index is 0.0694. The smallest absolute Gasteiger partial charge is 0.292 e. The normalized spacial score (nSPS) is 12.0. The Hall–Kier alpha value is -0.160. The third-order valence-corrected chi connectivity index (χ3v) is 0.896. The molecular formula is C4H11NO3. The molecule has 4 nitrogen and oxygen atoms in total. The number of rotatable bonds is 3. The van der Waals surface area contributed by atoms with Gasteiger partial charge in [-0.1, -0.05) is 0 Å². The van der Waals surface area contributed by atoms with E-state index in [0.717, 1.165) is 0 Å². The quantitative estimate of drug-likeness (QED) is 0.464. The largest absolute Gasteiger partial charge is 0.342 e. The maximum absolute atomic E-state index is 8.87. The zero-order chi connectivity index (χ0) is 6.62. The molecule has 0 aromatic rings. The highest BCUT2D eigenvalue weighted by Gasteiger charge is 2.22. The van der Waals surface area contributed by atoms with Gasteiger partial charge in [0.2, 0.25) is 0 Å². The Morgan fingerprint density at radius 2 is 1.88 bits per heavy atom. The monoisotopic (exact) mass is 121 g/mol. The van der Waals surface area contributed by atoms with Gasteiger partial charge in [0.1, 0.15) is 0 Å². The average molecular weight is 121 g/mol. The van der Waals surface area contributed by atoms with Gasteiger partial charge in [0.25, 0.3) is 5.97 Å². The summed E-state index contributed by atoms with van der Waals surface area (Å²) in [4.78, 5) is 0. The van der Waals surface area contributed by atoms with Gasteiger partial charge >= 0.3 is 0 Å². The third-order valence-electron chi connectivity index (χ3n) is 0.896. The zero-order valence-corrected chi connectivity index (χ0v) is 5.05. The molecule has 0 aliphatic carbocycles. The SMILES string of the molecule is COC(O)(CN)OC. The lowest BCUT2D eigenvalue weighted by Gasteiger charge is -2.21. The van der Waals surface area contributed by atoms with Crippen molar-refractivity contribution in [2.24, 2.45) is 5.73 Å². The Kier molecular flexibility index (Phi) is 2.93. The van der Waals surface area contributed by atoms with Crippen LogP contribution in [-0.2, 0) is 9.47 Å². The molecule has 0 amide bonds. The third kappa shape index (κ3) is 1.75. The van der Waals surface area contributed by atoms with Crippen LogP contribution in [0.25, 0.3) is 0 Å². The second kappa shape index (κ2) is 2.99. The van der Waals surface area contributed by atoms with Gasteiger partial charge < -0.3 is 20.3 Å². The fraction of sp³-hybridized carbons (Fsp3) is 1.00. The molecule has 3 N–H and O–H groups in total. The van der Waals surface area contributed by atoms with Crippen molar-refractivity contribution in [1.29, 1.82) is 0 Å². The second-order valence-corrected chi connectivity index (χ2v) is 1.33. The predicted molar refractivity (Wildman–Crippen MR) is 28.0 cm³/mol. The van der Waals surface area contributed by atoms with Crippen molar-refractivity contribution < 1.29 is 14.6 Å². The predicted octanol–water partition coefficient (Wildman–Crippen LogP) is -1.12. The first-order valence-electron chi connectivity index (χ1n) is 2.21. The van der Waals surface area contributed by atoms with E-state index < -0.39 is 5.97 Å². The van der Waals surface area contributed by atoms with Crippen LogP contribution in [0.3, 0.4) is 0 Å². The van der Waals surface area contributed by atoms with Crippen molar-refractivity contribution in [2.75, 3.05) is 20.8 Å². The van der Waals surface area contributed by atoms with Gasteiger partial charge in [-0.2, -0.15) is 0 Å². The molecule has 4 heteroatoms. The average Bonchev–Trinajstić information content (AvgIpc) is 1.87. The Labute approximate surface area is 48.2 Å². The molecule has 8 heavy (non-hydrogen) atoms. The van der Waals surface area contributed by atoms with Crippen molar-refractivity contribution in [3.05, 3.63) is 0 Å². The molecule has 50 valence electrons. The summed E-state index contributed by atoms with van der Waals surface area (Å²) in [5.41, 5.74) is 5.03. The number of hydrogen-bond acceptors (Lipinski definition) is 4. The van der Waals surface area contributed by atoms with E-state index in [4.69, 9.17) is 10.8 Å². The van der Waals surface area contributed by atoms with Crippen LogP contribution in [0.1, 0.15) is 0 Å². The Bertz CT molecular complexity index is 54.0. The summed E-state index contributed by atoms with van der Waals surface area (Å²) in [6, 6.07) is 0. The number of nitrogens with two attached hydrogens (primary N) is 1. The molecule has 0 heterocycles. The Balaban J connectivity index is 3.58. The molecule has 0 atom stereocenters. The van der Waals surface area contributed by atoms with Crippen molar-refractivity contribution in [1.82, 2.24) is 0 Å². The standard InChI is InChI=1S/C4H11NO3/c1-7-4(6,3-5)8-2/h6H,3,5H2,1-2H3. The molecule has 0 aromatic carbocycles. The summed E-state index contributed by atoms with van der Waals surface area (Å²) in [5.74, 6) is -1.60. The summed E-state index contributed by atoms with van der Waals surface area (Å²) in [6.45, 7) is -0.0694. The molecule has 0 unspecified atom stereocenters. The summed E-state index contributed by atoms with van der Waals surface area (Å²) >= 11 is 0. The van der Waals surface area contributed by atoms with E-state index in [1.165, 1.54) is 14.2 Å². The molecule has 0 fully saturated rings. The molecule has 0 saturated heterocycles. The van der Waals surface area contributed by atoms with E-state index in [0.29, 0.717) is 0 Å². The second-order valence-electron chi connectivity index (χ2n) is 1.33. The van der Waals surface area contributed by atoms with E-state index in [-0.39, 0.29) is 6.54 Å². The first kappa shape index (κ1) is 7.84. The van der Waals surface area contributed by atoms with E-state index in [1.54, 1.807) is 0 Å².